The third kappa shape index (κ3) is 16.4. The highest BCUT2D eigenvalue weighted by Gasteiger charge is 2.35. The number of primary amides is 1. The molecule has 0 aliphatic carbocycles. The van der Waals surface area contributed by atoms with E-state index in [-0.39, 0.29) is 76.5 Å². The number of carboxylic acids is 3. The standard InChI is InChI=1S/C63H61N15O16S2/c1-30-28-78(59(87)44-22-33-20-35(14-15-40(33)72-44)70-56(84)42-21-32-6-2-5-9-39(32)71-42)47-24-48(37-7-3-4-8-38(37)51(30)47)94-63(92)93-18-19-95-96-29-46(61(90)91)75-57(85)43(23-50(80)81)73-45(53(64)82)27-67-49(79)17-16-41(60(88)89)74-55(83)31-10-12-34(13-11-31)66-25-36-26-68-54-52(69-36)58(86)77-62(65)76-54/h2-15,20-22,24,26,30,41,43,45-46,66,71-73H,16-19,23,25,27-29H2,1H3,(H2,64,82)(H,67,79)(H,70,84)(H,74,83)(H,75,85)(H,80,81)(H,88,89)(H,90,91)(H3,65,68,76,77,86). The molecule has 9 aromatic rings. The summed E-state index contributed by atoms with van der Waals surface area (Å²) in [5, 5.41) is 47.8. The molecule has 0 radical (unpaired) electrons. The summed E-state index contributed by atoms with van der Waals surface area (Å²) in [5.74, 6) is -9.36. The van der Waals surface area contributed by atoms with Crippen molar-refractivity contribution in [2.45, 2.75) is 62.8 Å². The first-order valence-corrected chi connectivity index (χ1v) is 32.0. The number of hydrogen-bond acceptors (Lipinski definition) is 21. The number of carboxylic acid groups (broad SMARTS) is 3. The van der Waals surface area contributed by atoms with Crippen molar-refractivity contribution in [3.8, 4) is 5.75 Å². The summed E-state index contributed by atoms with van der Waals surface area (Å²) in [5.41, 5.74) is 15.6. The van der Waals surface area contributed by atoms with E-state index in [0.29, 0.717) is 51.3 Å². The normalized spacial score (nSPS) is 13.8. The zero-order chi connectivity index (χ0) is 68.3. The van der Waals surface area contributed by atoms with E-state index in [2.05, 4.69) is 61.8 Å². The molecule has 1 aliphatic rings. The molecule has 5 aromatic carbocycles. The van der Waals surface area contributed by atoms with Crippen LogP contribution >= 0.6 is 21.6 Å². The van der Waals surface area contributed by atoms with Crippen LogP contribution in [0, 0.1) is 0 Å². The van der Waals surface area contributed by atoms with Gasteiger partial charge in [-0.3, -0.25) is 48.7 Å². The molecule has 496 valence electrons. The summed E-state index contributed by atoms with van der Waals surface area (Å²) < 4.78 is 11.1. The fourth-order valence-corrected chi connectivity index (χ4v) is 12.5. The van der Waals surface area contributed by atoms with E-state index in [1.807, 2.05) is 43.3 Å². The number of amides is 6. The molecule has 0 saturated carbocycles. The molecule has 0 saturated heterocycles. The predicted molar refractivity (Wildman–Crippen MR) is 354 cm³/mol. The van der Waals surface area contributed by atoms with E-state index in [4.69, 9.17) is 20.9 Å². The van der Waals surface area contributed by atoms with Gasteiger partial charge in [0.15, 0.2) is 11.2 Å². The quantitative estimate of drug-likeness (QED) is 0.0132. The van der Waals surface area contributed by atoms with Crippen molar-refractivity contribution in [3.05, 3.63) is 154 Å². The Morgan fingerprint density at radius 1 is 0.750 bits per heavy atom. The molecule has 31 nitrogen and oxygen atoms in total. The summed E-state index contributed by atoms with van der Waals surface area (Å²) >= 11 is 0. The van der Waals surface area contributed by atoms with Crippen LogP contribution in [-0.2, 0) is 40.0 Å². The van der Waals surface area contributed by atoms with E-state index < -0.39 is 103 Å². The van der Waals surface area contributed by atoms with Gasteiger partial charge in [0, 0.05) is 87.1 Å². The zero-order valence-electron chi connectivity index (χ0n) is 50.6. The summed E-state index contributed by atoms with van der Waals surface area (Å²) in [6.45, 7) is 1.59. The fraction of sp³-hybridized carbons (Fsp3) is 0.238. The van der Waals surface area contributed by atoms with Gasteiger partial charge >= 0.3 is 24.1 Å². The maximum Gasteiger partial charge on any atom is 0.513 e. The van der Waals surface area contributed by atoms with E-state index in [0.717, 1.165) is 43.4 Å². The number of nitrogen functional groups attached to an aromatic ring is 1. The number of nitrogens with one attached hydrogen (secondary N) is 9. The molecule has 16 N–H and O–H groups in total. The Labute approximate surface area is 550 Å². The maximum absolute atomic E-state index is 14.4. The zero-order valence-corrected chi connectivity index (χ0v) is 52.3. The molecule has 0 bridgehead atoms. The number of aromatic nitrogens is 6. The molecule has 5 unspecified atom stereocenters. The SMILES string of the molecule is CC1CN(C(=O)c2cc3cc(NC(=O)c4cc5ccccc5[nH]4)ccc3[nH]2)c2cc(OC(=O)OCCSSCC(NC(=O)C(CC(=O)O)NC(CNC(=O)CCC(NC(=O)c3ccc(NCc4cnc5nc(N)[nH]c(=O)c5n4)cc3)C(=O)O)C(N)=O)C(=O)O)c3ccccc3c21. The van der Waals surface area contributed by atoms with Crippen LogP contribution in [-0.4, -0.2) is 160 Å². The number of aromatic amines is 3. The summed E-state index contributed by atoms with van der Waals surface area (Å²) in [6.07, 6.45) is -1.56. The minimum Gasteiger partial charge on any atom is -0.481 e. The van der Waals surface area contributed by atoms with E-state index >= 15 is 0 Å². The number of ether oxygens (including phenoxy) is 2. The molecular weight excluding hydrogens is 1290 g/mol. The van der Waals surface area contributed by atoms with E-state index in [1.165, 1.54) is 30.5 Å². The first kappa shape index (κ1) is 67.3. The molecular formula is C63H61N15O16S2. The van der Waals surface area contributed by atoms with Crippen LogP contribution in [0.5, 0.6) is 5.75 Å². The van der Waals surface area contributed by atoms with Gasteiger partial charge < -0.3 is 77.7 Å². The Bertz CT molecular complexity index is 4570. The van der Waals surface area contributed by atoms with Crippen molar-refractivity contribution in [1.29, 1.82) is 0 Å². The van der Waals surface area contributed by atoms with Crippen LogP contribution in [0.1, 0.15) is 74.7 Å². The Balaban J connectivity index is 0.665. The second kappa shape index (κ2) is 30.0. The van der Waals surface area contributed by atoms with Gasteiger partial charge in [0.2, 0.25) is 23.7 Å². The number of carbonyl (C=O) groups is 10. The van der Waals surface area contributed by atoms with Gasteiger partial charge in [-0.2, -0.15) is 4.98 Å². The molecule has 33 heteroatoms. The highest BCUT2D eigenvalue weighted by molar-refractivity contribution is 8.76. The van der Waals surface area contributed by atoms with Gasteiger partial charge in [-0.25, -0.2) is 24.4 Å². The smallest absolute Gasteiger partial charge is 0.481 e. The number of carbonyl (C=O) groups excluding carboxylic acids is 7. The van der Waals surface area contributed by atoms with Crippen molar-refractivity contribution in [2.24, 2.45) is 5.73 Å². The molecule has 96 heavy (non-hydrogen) atoms. The lowest BCUT2D eigenvalue weighted by atomic mass is 9.95. The predicted octanol–water partition coefficient (Wildman–Crippen LogP) is 4.57. The number of benzene rings is 5. The van der Waals surface area contributed by atoms with Crippen LogP contribution in [0.15, 0.2) is 120 Å². The Morgan fingerprint density at radius 3 is 2.20 bits per heavy atom. The van der Waals surface area contributed by atoms with Crippen molar-refractivity contribution in [2.75, 3.05) is 52.5 Å². The van der Waals surface area contributed by atoms with E-state index in [1.54, 1.807) is 53.4 Å². The Morgan fingerprint density at radius 2 is 1.46 bits per heavy atom. The number of hydrogen-bond donors (Lipinski definition) is 14. The van der Waals surface area contributed by atoms with Gasteiger partial charge in [-0.05, 0) is 78.0 Å². The molecule has 0 spiro atoms. The number of anilines is 4. The summed E-state index contributed by atoms with van der Waals surface area (Å²) in [7, 11) is 2.05. The maximum atomic E-state index is 14.4. The second-order valence-corrected chi connectivity index (χ2v) is 24.6. The minimum absolute atomic E-state index is 0.0146. The van der Waals surface area contributed by atoms with Gasteiger partial charge in [0.05, 0.1) is 36.6 Å². The summed E-state index contributed by atoms with van der Waals surface area (Å²) in [4.78, 5) is 164. The molecule has 0 fully saturated rings. The highest BCUT2D eigenvalue weighted by atomic mass is 33.1. The van der Waals surface area contributed by atoms with Gasteiger partial charge in [0.25, 0.3) is 23.3 Å². The first-order valence-electron chi connectivity index (χ1n) is 29.5. The van der Waals surface area contributed by atoms with Crippen LogP contribution < -0.4 is 58.6 Å². The molecule has 4 aromatic heterocycles. The van der Waals surface area contributed by atoms with Crippen LogP contribution in [0.4, 0.5) is 27.8 Å². The van der Waals surface area contributed by atoms with Crippen molar-refractivity contribution < 1.29 is 72.7 Å². The van der Waals surface area contributed by atoms with Crippen molar-refractivity contribution in [3.63, 3.8) is 0 Å². The average molecular weight is 1350 g/mol. The van der Waals surface area contributed by atoms with Crippen LogP contribution in [0.25, 0.3) is 43.7 Å². The summed E-state index contributed by atoms with van der Waals surface area (Å²) in [6, 6.07) is 24.5. The van der Waals surface area contributed by atoms with Gasteiger partial charge in [-0.15, -0.1) is 0 Å². The minimum atomic E-state index is -1.76. The number of rotatable bonds is 29. The van der Waals surface area contributed by atoms with Crippen molar-refractivity contribution >= 4 is 148 Å². The van der Waals surface area contributed by atoms with Gasteiger partial charge in [0.1, 0.15) is 41.9 Å². The lowest BCUT2D eigenvalue weighted by molar-refractivity contribution is -0.143. The van der Waals surface area contributed by atoms with Crippen LogP contribution in [0.3, 0.4) is 0 Å². The molecule has 5 heterocycles. The van der Waals surface area contributed by atoms with Crippen LogP contribution in [0.2, 0.25) is 0 Å². The number of H-pyrrole nitrogens is 3. The number of para-hydroxylation sites is 1. The topological polar surface area (TPSA) is 480 Å². The number of fused-ring (bicyclic) bond motifs is 6. The fourth-order valence-electron chi connectivity index (χ4n) is 10.6. The van der Waals surface area contributed by atoms with Gasteiger partial charge in [-0.1, -0.05) is 71.0 Å². The third-order valence-corrected chi connectivity index (χ3v) is 17.6. The van der Waals surface area contributed by atoms with E-state index in [9.17, 15) is 68.1 Å². The third-order valence-electron chi connectivity index (χ3n) is 15.2. The first-order chi connectivity index (χ1) is 46.0. The molecule has 5 atom stereocenters. The Kier molecular flexibility index (Phi) is 21.0. The second-order valence-electron chi connectivity index (χ2n) is 22.0. The van der Waals surface area contributed by atoms with Crippen molar-refractivity contribution in [1.82, 2.24) is 51.2 Å². The number of nitrogens with two attached hydrogens (primary N) is 2. The monoisotopic (exact) mass is 1350 g/mol. The molecule has 10 rings (SSSR count). The largest absolute Gasteiger partial charge is 0.513 e. The lowest BCUT2D eigenvalue weighted by Crippen LogP contribution is -2.58. The Hall–Kier alpha value is -11.6. The highest BCUT2D eigenvalue weighted by Crippen LogP contribution is 2.46. The molecule has 6 amide bonds. The number of nitrogens with zero attached hydrogens (tertiary/aromatic N) is 4. The molecule has 1 aliphatic heterocycles. The number of aliphatic carboxylic acids is 3. The average Bonchev–Trinajstić information content (AvgIpc) is 1.55. The lowest BCUT2D eigenvalue weighted by Gasteiger charge is -2.24.